The molecule has 0 amide bonds. The first-order valence-electron chi connectivity index (χ1n) is 10.1. The molecule has 29 heavy (non-hydrogen) atoms. The third-order valence-electron chi connectivity index (χ3n) is 5.27. The topological polar surface area (TPSA) is 37.0 Å². The highest BCUT2D eigenvalue weighted by Crippen LogP contribution is 2.21. The molecule has 1 N–H and O–H groups in total. The number of rotatable bonds is 7. The summed E-state index contributed by atoms with van der Waals surface area (Å²) < 4.78 is 11.0. The van der Waals surface area contributed by atoms with Gasteiger partial charge in [0, 0.05) is 44.0 Å². The fourth-order valence-corrected chi connectivity index (χ4v) is 3.71. The minimum absolute atomic E-state index is 0.699. The van der Waals surface area contributed by atoms with Gasteiger partial charge in [-0.25, -0.2) is 0 Å². The van der Waals surface area contributed by atoms with Crippen LogP contribution in [0.2, 0.25) is 0 Å². The fraction of sp³-hybridized carbons (Fsp3) is 0.435. The Bertz CT molecular complexity index is 822. The van der Waals surface area contributed by atoms with Crippen LogP contribution in [0.4, 0.5) is 5.69 Å². The number of methoxy groups -OCH3 is 1. The Morgan fingerprint density at radius 2 is 1.93 bits per heavy atom. The molecule has 0 spiro atoms. The van der Waals surface area contributed by atoms with Gasteiger partial charge in [0.2, 0.25) is 0 Å². The van der Waals surface area contributed by atoms with E-state index in [1.807, 2.05) is 18.2 Å². The van der Waals surface area contributed by atoms with Gasteiger partial charge in [-0.15, -0.1) is 0 Å². The van der Waals surface area contributed by atoms with E-state index < -0.39 is 0 Å². The zero-order valence-corrected chi connectivity index (χ0v) is 18.4. The molecule has 0 atom stereocenters. The molecule has 156 valence electrons. The van der Waals surface area contributed by atoms with E-state index in [2.05, 4.69) is 53.2 Å². The Labute approximate surface area is 179 Å². The van der Waals surface area contributed by atoms with Crippen LogP contribution < -0.4 is 10.1 Å². The molecule has 5 nitrogen and oxygen atoms in total. The third-order valence-corrected chi connectivity index (χ3v) is 5.63. The predicted octanol–water partition coefficient (Wildman–Crippen LogP) is 3.84. The van der Waals surface area contributed by atoms with Gasteiger partial charge in [-0.05, 0) is 49.3 Å². The van der Waals surface area contributed by atoms with E-state index in [1.165, 1.54) is 11.1 Å². The van der Waals surface area contributed by atoms with E-state index in [1.54, 1.807) is 7.11 Å². The van der Waals surface area contributed by atoms with Crippen molar-refractivity contribution < 1.29 is 9.47 Å². The number of anilines is 1. The second kappa shape index (κ2) is 10.6. The number of aryl methyl sites for hydroxylation is 2. The van der Waals surface area contributed by atoms with Gasteiger partial charge in [0.1, 0.15) is 5.75 Å². The molecule has 2 aromatic carbocycles. The largest absolute Gasteiger partial charge is 0.496 e. The van der Waals surface area contributed by atoms with Gasteiger partial charge in [0.25, 0.3) is 0 Å². The second-order valence-corrected chi connectivity index (χ2v) is 7.82. The number of thiocarbonyl (C=S) groups is 1. The molecule has 0 unspecified atom stereocenters. The molecular formula is C23H31N3O2S. The van der Waals surface area contributed by atoms with Crippen molar-refractivity contribution in [2.45, 2.75) is 20.4 Å². The molecule has 1 saturated heterocycles. The highest BCUT2D eigenvalue weighted by molar-refractivity contribution is 7.80. The average molecular weight is 414 g/mol. The highest BCUT2D eigenvalue weighted by atomic mass is 32.1. The smallest absolute Gasteiger partial charge is 0.173 e. The molecule has 6 heteroatoms. The summed E-state index contributed by atoms with van der Waals surface area (Å²) in [5.74, 6) is 0.887. The Hall–Kier alpha value is -2.15. The van der Waals surface area contributed by atoms with Crippen LogP contribution in [0.25, 0.3) is 0 Å². The van der Waals surface area contributed by atoms with Crippen LogP contribution in [0.15, 0.2) is 42.5 Å². The van der Waals surface area contributed by atoms with Crippen LogP contribution >= 0.6 is 12.2 Å². The van der Waals surface area contributed by atoms with Crippen molar-refractivity contribution >= 4 is 23.0 Å². The maximum absolute atomic E-state index is 5.84. The Balaban J connectivity index is 1.74. The molecule has 1 heterocycles. The summed E-state index contributed by atoms with van der Waals surface area (Å²) in [7, 11) is 1.71. The average Bonchev–Trinajstić information content (AvgIpc) is 2.74. The lowest BCUT2D eigenvalue weighted by molar-refractivity contribution is 0.0358. The van der Waals surface area contributed by atoms with Crippen molar-refractivity contribution in [1.82, 2.24) is 9.80 Å². The van der Waals surface area contributed by atoms with E-state index in [0.717, 1.165) is 61.5 Å². The van der Waals surface area contributed by atoms with E-state index in [4.69, 9.17) is 21.7 Å². The summed E-state index contributed by atoms with van der Waals surface area (Å²) in [4.78, 5) is 4.66. The van der Waals surface area contributed by atoms with Crippen LogP contribution in [-0.2, 0) is 11.3 Å². The number of ether oxygens (including phenoxy) is 2. The number of para-hydroxylation sites is 1. The molecule has 1 fully saturated rings. The standard InChI is InChI=1S/C23H31N3O2S/c1-18-8-9-19(2)21(16-18)24-23(29)26(11-10-25-12-14-28-15-13-25)17-20-6-4-5-7-22(20)27-3/h4-9,16H,10-15,17H2,1-3H3,(H,24,29). The molecule has 3 rings (SSSR count). The van der Waals surface area contributed by atoms with E-state index in [-0.39, 0.29) is 0 Å². The molecule has 1 aliphatic heterocycles. The lowest BCUT2D eigenvalue weighted by Gasteiger charge is -2.32. The van der Waals surface area contributed by atoms with E-state index in [9.17, 15) is 0 Å². The van der Waals surface area contributed by atoms with Gasteiger partial charge in [-0.1, -0.05) is 30.3 Å². The zero-order chi connectivity index (χ0) is 20.6. The van der Waals surface area contributed by atoms with Crippen LogP contribution in [0.1, 0.15) is 16.7 Å². The molecule has 2 aromatic rings. The predicted molar refractivity (Wildman–Crippen MR) is 123 cm³/mol. The molecule has 0 aliphatic carbocycles. The summed E-state index contributed by atoms with van der Waals surface area (Å²) in [6, 6.07) is 14.5. The lowest BCUT2D eigenvalue weighted by Crippen LogP contribution is -2.44. The van der Waals surface area contributed by atoms with Gasteiger partial charge >= 0.3 is 0 Å². The van der Waals surface area contributed by atoms with Crippen molar-refractivity contribution in [3.05, 3.63) is 59.2 Å². The molecular weight excluding hydrogens is 382 g/mol. The first-order chi connectivity index (χ1) is 14.1. The van der Waals surface area contributed by atoms with Gasteiger partial charge in [-0.3, -0.25) is 4.90 Å². The summed E-state index contributed by atoms with van der Waals surface area (Å²) in [6.45, 7) is 10.2. The van der Waals surface area contributed by atoms with Crippen LogP contribution in [0.3, 0.4) is 0 Å². The van der Waals surface area contributed by atoms with Crippen LogP contribution in [-0.4, -0.2) is 61.4 Å². The van der Waals surface area contributed by atoms with Gasteiger partial charge in [0.15, 0.2) is 5.11 Å². The number of nitrogens with zero attached hydrogens (tertiary/aromatic N) is 2. The minimum Gasteiger partial charge on any atom is -0.496 e. The number of benzene rings is 2. The Morgan fingerprint density at radius 1 is 1.17 bits per heavy atom. The van der Waals surface area contributed by atoms with Gasteiger partial charge in [0.05, 0.1) is 20.3 Å². The Kier molecular flexibility index (Phi) is 7.86. The lowest BCUT2D eigenvalue weighted by atomic mass is 10.1. The highest BCUT2D eigenvalue weighted by Gasteiger charge is 2.17. The SMILES string of the molecule is COc1ccccc1CN(CCN1CCOCC1)C(=S)Nc1cc(C)ccc1C. The quantitative estimate of drug-likeness (QED) is 0.695. The maximum Gasteiger partial charge on any atom is 0.173 e. The van der Waals surface area contributed by atoms with Gasteiger partial charge < -0.3 is 19.7 Å². The minimum atomic E-state index is 0.699. The monoisotopic (exact) mass is 413 g/mol. The maximum atomic E-state index is 5.84. The number of morpholine rings is 1. The van der Waals surface area contributed by atoms with E-state index >= 15 is 0 Å². The molecule has 0 saturated carbocycles. The van der Waals surface area contributed by atoms with Crippen molar-refractivity contribution in [3.8, 4) is 5.75 Å². The molecule has 0 radical (unpaired) electrons. The summed E-state index contributed by atoms with van der Waals surface area (Å²) in [6.07, 6.45) is 0. The number of hydrogen-bond donors (Lipinski definition) is 1. The fourth-order valence-electron chi connectivity index (χ4n) is 3.44. The first-order valence-corrected chi connectivity index (χ1v) is 10.5. The Morgan fingerprint density at radius 3 is 2.69 bits per heavy atom. The first kappa shape index (κ1) is 21.6. The van der Waals surface area contributed by atoms with Crippen LogP contribution in [0, 0.1) is 13.8 Å². The summed E-state index contributed by atoms with van der Waals surface area (Å²) >= 11 is 5.84. The summed E-state index contributed by atoms with van der Waals surface area (Å²) in [5.41, 5.74) is 4.59. The zero-order valence-electron chi connectivity index (χ0n) is 17.6. The second-order valence-electron chi connectivity index (χ2n) is 7.44. The van der Waals surface area contributed by atoms with Crippen LogP contribution in [0.5, 0.6) is 5.75 Å². The number of nitrogens with one attached hydrogen (secondary N) is 1. The number of hydrogen-bond acceptors (Lipinski definition) is 4. The molecule has 0 bridgehead atoms. The molecule has 0 aromatic heterocycles. The van der Waals surface area contributed by atoms with Crippen molar-refractivity contribution in [2.75, 3.05) is 51.8 Å². The normalized spacial score (nSPS) is 14.4. The van der Waals surface area contributed by atoms with Crippen molar-refractivity contribution in [3.63, 3.8) is 0 Å². The van der Waals surface area contributed by atoms with Crippen molar-refractivity contribution in [2.24, 2.45) is 0 Å². The molecule has 1 aliphatic rings. The van der Waals surface area contributed by atoms with Crippen molar-refractivity contribution in [1.29, 1.82) is 0 Å². The van der Waals surface area contributed by atoms with Gasteiger partial charge in [-0.2, -0.15) is 0 Å². The summed E-state index contributed by atoms with van der Waals surface area (Å²) in [5, 5.41) is 4.20. The van der Waals surface area contributed by atoms with E-state index in [0.29, 0.717) is 6.54 Å². The third kappa shape index (κ3) is 6.16.